The summed E-state index contributed by atoms with van der Waals surface area (Å²) in [4.78, 5) is 0. The number of aliphatic hydroxyl groups excluding tert-OH is 1. The summed E-state index contributed by atoms with van der Waals surface area (Å²) in [5.74, 6) is 0. The minimum atomic E-state index is -0.485. The van der Waals surface area contributed by atoms with Gasteiger partial charge in [0.25, 0.3) is 0 Å². The van der Waals surface area contributed by atoms with Gasteiger partial charge >= 0.3 is 0 Å². The molecule has 1 unspecified atom stereocenters. The van der Waals surface area contributed by atoms with Crippen molar-refractivity contribution in [3.05, 3.63) is 71.4 Å². The number of nitrogens with one attached hydrogen (secondary N) is 1. The van der Waals surface area contributed by atoms with Crippen LogP contribution in [0.1, 0.15) is 0 Å². The van der Waals surface area contributed by atoms with Crippen molar-refractivity contribution >= 4 is 95.3 Å². The van der Waals surface area contributed by atoms with Gasteiger partial charge in [0.15, 0.2) is 0 Å². The maximum atomic E-state index is 10.7. The number of hydrogen-bond donors (Lipinski definition) is 2. The highest BCUT2D eigenvalue weighted by Gasteiger charge is 2.14. The Morgan fingerprint density at radius 3 is 1.85 bits per heavy atom. The molecule has 0 amide bonds. The van der Waals surface area contributed by atoms with Crippen LogP contribution in [0.3, 0.4) is 0 Å². The lowest BCUT2D eigenvalue weighted by Crippen LogP contribution is -2.24. The van der Waals surface area contributed by atoms with Gasteiger partial charge in [-0.25, -0.2) is 0 Å². The molecular weight excluding hydrogens is 677 g/mol. The third-order valence-electron chi connectivity index (χ3n) is 4.57. The van der Waals surface area contributed by atoms with Crippen molar-refractivity contribution in [3.63, 3.8) is 0 Å². The van der Waals surface area contributed by atoms with Crippen molar-refractivity contribution in [1.82, 2.24) is 4.57 Å². The van der Waals surface area contributed by atoms with Gasteiger partial charge in [0, 0.05) is 44.7 Å². The lowest BCUT2D eigenvalue weighted by molar-refractivity contribution is 0.169. The Balaban J connectivity index is 1.63. The first kappa shape index (κ1) is 19.7. The summed E-state index contributed by atoms with van der Waals surface area (Å²) >= 11 is 7.00. The fraction of sp³-hybridized carbons (Fsp3) is 0.143. The van der Waals surface area contributed by atoms with Crippen LogP contribution in [0.4, 0.5) is 5.69 Å². The Morgan fingerprint density at radius 2 is 1.30 bits per heavy atom. The topological polar surface area (TPSA) is 37.2 Å². The van der Waals surface area contributed by atoms with Crippen LogP contribution in [0.2, 0.25) is 0 Å². The predicted octanol–water partition coefficient (Wildman–Crippen LogP) is 6.08. The van der Waals surface area contributed by atoms with Crippen molar-refractivity contribution < 1.29 is 5.11 Å². The van der Waals surface area contributed by atoms with Crippen LogP contribution < -0.4 is 5.32 Å². The number of aliphatic hydroxyl groups is 1. The number of hydrogen-bond acceptors (Lipinski definition) is 2. The average Bonchev–Trinajstić information content (AvgIpc) is 2.94. The molecule has 27 heavy (non-hydrogen) atoms. The number of fused-ring (bicyclic) bond motifs is 3. The molecular formula is C21H17I3N2O. The number of aromatic nitrogens is 1. The normalized spacial score (nSPS) is 12.6. The van der Waals surface area contributed by atoms with Crippen molar-refractivity contribution in [2.75, 3.05) is 11.9 Å². The fourth-order valence-corrected chi connectivity index (χ4v) is 4.67. The number of anilines is 1. The van der Waals surface area contributed by atoms with E-state index < -0.39 is 6.10 Å². The molecule has 0 aliphatic heterocycles. The highest BCUT2D eigenvalue weighted by molar-refractivity contribution is 14.1. The summed E-state index contributed by atoms with van der Waals surface area (Å²) in [6, 6.07) is 21.2. The Kier molecular flexibility index (Phi) is 6.15. The predicted molar refractivity (Wildman–Crippen MR) is 139 cm³/mol. The molecule has 6 heteroatoms. The van der Waals surface area contributed by atoms with Crippen LogP contribution in [0.15, 0.2) is 60.7 Å². The van der Waals surface area contributed by atoms with Crippen LogP contribution >= 0.6 is 67.8 Å². The maximum Gasteiger partial charge on any atom is 0.0891 e. The van der Waals surface area contributed by atoms with Gasteiger partial charge in [-0.2, -0.15) is 0 Å². The first-order chi connectivity index (χ1) is 13.0. The number of rotatable bonds is 5. The lowest BCUT2D eigenvalue weighted by atomic mass is 10.2. The monoisotopic (exact) mass is 694 g/mol. The van der Waals surface area contributed by atoms with E-state index in [0.717, 1.165) is 5.69 Å². The van der Waals surface area contributed by atoms with Crippen molar-refractivity contribution in [3.8, 4) is 0 Å². The Morgan fingerprint density at radius 1 is 0.778 bits per heavy atom. The molecule has 0 aliphatic rings. The summed E-state index contributed by atoms with van der Waals surface area (Å²) in [5.41, 5.74) is 3.36. The van der Waals surface area contributed by atoms with E-state index in [1.54, 1.807) is 0 Å². The Labute approximate surface area is 198 Å². The Bertz CT molecular complexity index is 1050. The lowest BCUT2D eigenvalue weighted by Gasteiger charge is -2.15. The highest BCUT2D eigenvalue weighted by Crippen LogP contribution is 2.31. The van der Waals surface area contributed by atoms with Crippen molar-refractivity contribution in [2.24, 2.45) is 0 Å². The first-order valence-corrected chi connectivity index (χ1v) is 11.8. The van der Waals surface area contributed by atoms with Gasteiger partial charge in [-0.05, 0) is 128 Å². The molecule has 0 spiro atoms. The molecule has 3 nitrogen and oxygen atoms in total. The van der Waals surface area contributed by atoms with Crippen LogP contribution in [-0.2, 0) is 6.54 Å². The maximum absolute atomic E-state index is 10.7. The standard InChI is InChI=1S/C21H17I3N2O/c22-13-1-5-16(6-2-13)25-11-17(27)12-26-20-7-3-14(23)9-18(20)19-10-15(24)4-8-21(19)26/h1-10,17,25,27H,11-12H2. The summed E-state index contributed by atoms with van der Waals surface area (Å²) < 4.78 is 5.88. The number of nitrogens with zero attached hydrogens (tertiary/aromatic N) is 1. The SMILES string of the molecule is OC(CNc1ccc(I)cc1)Cn1c2ccc(I)cc2c2cc(I)ccc21. The van der Waals surface area contributed by atoms with E-state index in [2.05, 4.69) is 126 Å². The van der Waals surface area contributed by atoms with Gasteiger partial charge in [0.05, 0.1) is 12.6 Å². The minimum Gasteiger partial charge on any atom is -0.389 e. The summed E-state index contributed by atoms with van der Waals surface area (Å²) in [5, 5.41) is 16.5. The quantitative estimate of drug-likeness (QED) is 0.249. The summed E-state index contributed by atoms with van der Waals surface area (Å²) in [7, 11) is 0. The van der Waals surface area contributed by atoms with Gasteiger partial charge in [-0.1, -0.05) is 0 Å². The molecule has 1 heterocycles. The molecule has 0 bridgehead atoms. The number of halogens is 3. The first-order valence-electron chi connectivity index (χ1n) is 8.56. The molecule has 0 saturated carbocycles. The fourth-order valence-electron chi connectivity index (χ4n) is 3.32. The third kappa shape index (κ3) is 4.38. The molecule has 0 fully saturated rings. The second-order valence-electron chi connectivity index (χ2n) is 6.48. The van der Waals surface area contributed by atoms with Gasteiger partial charge in [-0.15, -0.1) is 0 Å². The van der Waals surface area contributed by atoms with Crippen molar-refractivity contribution in [1.29, 1.82) is 0 Å². The molecule has 4 rings (SSSR count). The van der Waals surface area contributed by atoms with E-state index >= 15 is 0 Å². The molecule has 1 atom stereocenters. The van der Waals surface area contributed by atoms with E-state index in [9.17, 15) is 5.11 Å². The van der Waals surface area contributed by atoms with Crippen LogP contribution in [0.25, 0.3) is 21.8 Å². The van der Waals surface area contributed by atoms with E-state index in [1.807, 2.05) is 12.1 Å². The molecule has 3 aromatic carbocycles. The number of benzene rings is 3. The Hall–Kier alpha value is -0.590. The molecule has 1 aromatic heterocycles. The molecule has 138 valence electrons. The van der Waals surface area contributed by atoms with E-state index in [-0.39, 0.29) is 0 Å². The molecule has 0 radical (unpaired) electrons. The van der Waals surface area contributed by atoms with Crippen LogP contribution in [0.5, 0.6) is 0 Å². The highest BCUT2D eigenvalue weighted by atomic mass is 127. The zero-order chi connectivity index (χ0) is 19.0. The van der Waals surface area contributed by atoms with Crippen LogP contribution in [-0.4, -0.2) is 22.3 Å². The smallest absolute Gasteiger partial charge is 0.0891 e. The molecule has 2 N–H and O–H groups in total. The average molecular weight is 694 g/mol. The minimum absolute atomic E-state index is 0.485. The second-order valence-corrected chi connectivity index (χ2v) is 10.2. The van der Waals surface area contributed by atoms with Gasteiger partial charge < -0.3 is 15.0 Å². The zero-order valence-electron chi connectivity index (χ0n) is 14.3. The molecule has 0 aliphatic carbocycles. The van der Waals surface area contributed by atoms with Gasteiger partial charge in [-0.3, -0.25) is 0 Å². The molecule has 0 saturated heterocycles. The van der Waals surface area contributed by atoms with E-state index in [0.29, 0.717) is 13.1 Å². The zero-order valence-corrected chi connectivity index (χ0v) is 20.8. The van der Waals surface area contributed by atoms with Gasteiger partial charge in [0.1, 0.15) is 0 Å². The molecule has 4 aromatic rings. The van der Waals surface area contributed by atoms with E-state index in [4.69, 9.17) is 0 Å². The van der Waals surface area contributed by atoms with Crippen molar-refractivity contribution in [2.45, 2.75) is 12.6 Å². The van der Waals surface area contributed by atoms with Crippen LogP contribution in [0, 0.1) is 10.7 Å². The summed E-state index contributed by atoms with van der Waals surface area (Å²) in [6.45, 7) is 1.06. The van der Waals surface area contributed by atoms with E-state index in [1.165, 1.54) is 32.5 Å². The summed E-state index contributed by atoms with van der Waals surface area (Å²) in [6.07, 6.45) is -0.485. The third-order valence-corrected chi connectivity index (χ3v) is 6.63. The second kappa shape index (κ2) is 8.42. The largest absolute Gasteiger partial charge is 0.389 e. The van der Waals surface area contributed by atoms with Gasteiger partial charge in [0.2, 0.25) is 0 Å².